The van der Waals surface area contributed by atoms with Crippen LogP contribution in [-0.4, -0.2) is 64.4 Å². The fraction of sp³-hybridized carbons (Fsp3) is 0.417. The molecule has 51 heavy (non-hydrogen) atoms. The third kappa shape index (κ3) is 8.19. The summed E-state index contributed by atoms with van der Waals surface area (Å²) in [5.41, 5.74) is 3.65. The third-order valence-electron chi connectivity index (χ3n) is 9.78. The van der Waals surface area contributed by atoms with Gasteiger partial charge in [-0.2, -0.15) is 13.2 Å². The molecule has 1 fully saturated rings. The first-order valence-electron chi connectivity index (χ1n) is 16.3. The number of nitrogens with zero attached hydrogens (tertiary/aromatic N) is 2. The average molecular weight is 716 g/mol. The van der Waals surface area contributed by atoms with E-state index in [9.17, 15) is 36.3 Å². The van der Waals surface area contributed by atoms with Crippen LogP contribution in [0.3, 0.4) is 0 Å². The van der Waals surface area contributed by atoms with Gasteiger partial charge in [0.05, 0.1) is 5.41 Å². The number of pyridine rings is 1. The predicted octanol–water partition coefficient (Wildman–Crippen LogP) is 5.61. The van der Waals surface area contributed by atoms with Gasteiger partial charge in [-0.25, -0.2) is 18.6 Å². The summed E-state index contributed by atoms with van der Waals surface area (Å²) in [4.78, 5) is 55.2. The first kappa shape index (κ1) is 37.3. The topological polar surface area (TPSA) is 141 Å². The van der Waals surface area contributed by atoms with Gasteiger partial charge in [0.25, 0.3) is 0 Å². The molecule has 1 atom stereocenters. The second-order valence-electron chi connectivity index (χ2n) is 13.5. The Hall–Kier alpha value is -4.92. The normalized spacial score (nSPS) is 19.6. The molecule has 2 aliphatic carbocycles. The molecule has 3 amide bonds. The Bertz CT molecular complexity index is 1820. The van der Waals surface area contributed by atoms with E-state index in [1.807, 2.05) is 61.6 Å². The monoisotopic (exact) mass is 715 g/mol. The van der Waals surface area contributed by atoms with Gasteiger partial charge < -0.3 is 26.0 Å². The summed E-state index contributed by atoms with van der Waals surface area (Å²) in [6, 6.07) is 17.1. The van der Waals surface area contributed by atoms with Gasteiger partial charge in [-0.15, -0.1) is 0 Å². The molecule has 0 unspecified atom stereocenters. The molecular weight excluding hydrogens is 677 g/mol. The van der Waals surface area contributed by atoms with Crippen LogP contribution in [0.5, 0.6) is 0 Å². The summed E-state index contributed by atoms with van der Waals surface area (Å²) in [6.45, 7) is 2.29. The lowest BCUT2D eigenvalue weighted by molar-refractivity contribution is -0.192. The van der Waals surface area contributed by atoms with Gasteiger partial charge in [0.15, 0.2) is 0 Å². The zero-order valence-corrected chi connectivity index (χ0v) is 28.0. The number of benzene rings is 2. The van der Waals surface area contributed by atoms with Crippen molar-refractivity contribution < 1.29 is 46.2 Å². The van der Waals surface area contributed by atoms with Crippen LogP contribution in [0.2, 0.25) is 0 Å². The molecule has 10 nitrogen and oxygen atoms in total. The summed E-state index contributed by atoms with van der Waals surface area (Å²) in [5, 5.41) is 16.1. The summed E-state index contributed by atoms with van der Waals surface area (Å²) < 4.78 is 59.8. The number of anilines is 2. The van der Waals surface area contributed by atoms with Gasteiger partial charge in [-0.05, 0) is 73.2 Å². The molecule has 3 aromatic rings. The number of fused-ring (bicyclic) bond motifs is 3. The molecule has 2 aromatic carbocycles. The summed E-state index contributed by atoms with van der Waals surface area (Å²) >= 11 is 0. The number of alkyl halides is 5. The molecule has 0 bridgehead atoms. The number of aliphatic carboxylic acids is 1. The number of hydrogen-bond acceptors (Lipinski definition) is 6. The van der Waals surface area contributed by atoms with E-state index in [2.05, 4.69) is 20.9 Å². The second-order valence-corrected chi connectivity index (χ2v) is 13.5. The summed E-state index contributed by atoms with van der Waals surface area (Å²) in [5.74, 6) is -5.68. The molecule has 3 aliphatic rings. The van der Waals surface area contributed by atoms with Crippen molar-refractivity contribution in [3.63, 3.8) is 0 Å². The van der Waals surface area contributed by atoms with Crippen molar-refractivity contribution in [1.29, 1.82) is 0 Å². The highest BCUT2D eigenvalue weighted by Gasteiger charge is 2.51. The molecule has 2 heterocycles. The zero-order valence-electron chi connectivity index (χ0n) is 28.0. The van der Waals surface area contributed by atoms with Crippen molar-refractivity contribution in [1.82, 2.24) is 15.2 Å². The Balaban J connectivity index is 0.000000654. The smallest absolute Gasteiger partial charge is 0.475 e. The van der Waals surface area contributed by atoms with Crippen LogP contribution in [0, 0.1) is 5.41 Å². The summed E-state index contributed by atoms with van der Waals surface area (Å²) in [6.07, 6.45) is -2.95. The van der Waals surface area contributed by atoms with E-state index in [1.165, 1.54) is 4.90 Å². The fourth-order valence-electron chi connectivity index (χ4n) is 6.96. The highest BCUT2D eigenvalue weighted by molar-refractivity contribution is 6.06. The molecule has 1 aliphatic heterocycles. The predicted molar refractivity (Wildman–Crippen MR) is 177 cm³/mol. The van der Waals surface area contributed by atoms with E-state index in [0.29, 0.717) is 30.9 Å². The highest BCUT2D eigenvalue weighted by atomic mass is 19.4. The van der Waals surface area contributed by atoms with E-state index >= 15 is 0 Å². The number of carboxylic acid groups (broad SMARTS) is 1. The molecule has 1 spiro atoms. The molecular formula is C36H38F5N5O5. The Labute approximate surface area is 290 Å². The van der Waals surface area contributed by atoms with Crippen LogP contribution >= 0.6 is 0 Å². The SMILES string of the molecule is CNCc1ccccc1CN(CC(=O)Nc1ccc2c(c1)C[C@@]1(C2)C(=O)Nc2ncccc21)C(=O)C1(C)CCC(F)(F)CC1.O=C(O)C(F)(F)F. The molecule has 0 radical (unpaired) electrons. The molecule has 15 heteroatoms. The van der Waals surface area contributed by atoms with E-state index in [0.717, 1.165) is 27.8 Å². The molecule has 0 saturated heterocycles. The Morgan fingerprint density at radius 3 is 2.25 bits per heavy atom. The third-order valence-corrected chi connectivity index (χ3v) is 9.78. The van der Waals surface area contributed by atoms with E-state index < -0.39 is 28.9 Å². The highest BCUT2D eigenvalue weighted by Crippen LogP contribution is 2.47. The van der Waals surface area contributed by atoms with Crippen LogP contribution in [0.25, 0.3) is 0 Å². The minimum Gasteiger partial charge on any atom is -0.475 e. The van der Waals surface area contributed by atoms with Crippen molar-refractivity contribution in [2.75, 3.05) is 24.2 Å². The van der Waals surface area contributed by atoms with Crippen molar-refractivity contribution in [2.45, 2.75) is 76.1 Å². The lowest BCUT2D eigenvalue weighted by Crippen LogP contribution is -2.48. The minimum atomic E-state index is -5.08. The number of carbonyl (C=O) groups excluding carboxylic acids is 3. The lowest BCUT2D eigenvalue weighted by Gasteiger charge is -2.39. The first-order chi connectivity index (χ1) is 24.0. The molecule has 272 valence electrons. The Morgan fingerprint density at radius 1 is 0.961 bits per heavy atom. The Kier molecular flexibility index (Phi) is 10.5. The van der Waals surface area contributed by atoms with Crippen LogP contribution < -0.4 is 16.0 Å². The second kappa shape index (κ2) is 14.4. The number of amides is 3. The molecule has 1 saturated carbocycles. The fourth-order valence-corrected chi connectivity index (χ4v) is 6.96. The maximum Gasteiger partial charge on any atom is 0.490 e. The van der Waals surface area contributed by atoms with Crippen LogP contribution in [0.4, 0.5) is 33.5 Å². The standard InChI is InChI=1S/C34H37F2N5O3.C2HF3O2/c1-32(11-13-34(35,36)14-12-32)31(44)41(20-24-7-4-3-6-23(24)19-37-2)21-28(42)39-26-10-9-22-17-33(18-25(22)16-26)27-8-5-15-38-29(27)40-30(33)43;3-2(4,5)1(6)7/h3-10,15-16,37H,11-14,17-21H2,1-2H3,(H,39,42)(H,38,40,43);(H,6,7)/t33-;/m1./s1. The lowest BCUT2D eigenvalue weighted by atomic mass is 9.73. The van der Waals surface area contributed by atoms with Crippen molar-refractivity contribution in [2.24, 2.45) is 5.41 Å². The van der Waals surface area contributed by atoms with Crippen LogP contribution in [0.15, 0.2) is 60.8 Å². The maximum atomic E-state index is 14.0. The number of carbonyl (C=O) groups is 4. The minimum absolute atomic E-state index is 0.0634. The van der Waals surface area contributed by atoms with E-state index in [1.54, 1.807) is 13.1 Å². The average Bonchev–Trinajstić information content (AvgIpc) is 3.59. The first-order valence-corrected chi connectivity index (χ1v) is 16.3. The van der Waals surface area contributed by atoms with E-state index in [-0.39, 0.29) is 56.5 Å². The number of halogens is 5. The van der Waals surface area contributed by atoms with Crippen molar-refractivity contribution >= 4 is 35.2 Å². The van der Waals surface area contributed by atoms with Gasteiger partial charge in [0, 0.05) is 48.8 Å². The van der Waals surface area contributed by atoms with Crippen molar-refractivity contribution in [3.8, 4) is 0 Å². The number of hydrogen-bond donors (Lipinski definition) is 4. The van der Waals surface area contributed by atoms with Crippen molar-refractivity contribution in [3.05, 3.63) is 88.6 Å². The van der Waals surface area contributed by atoms with Gasteiger partial charge in [-0.1, -0.05) is 43.3 Å². The van der Waals surface area contributed by atoms with Crippen LogP contribution in [0.1, 0.15) is 60.4 Å². The number of aromatic nitrogens is 1. The van der Waals surface area contributed by atoms with Gasteiger partial charge in [0.2, 0.25) is 23.6 Å². The summed E-state index contributed by atoms with van der Waals surface area (Å²) in [7, 11) is 1.84. The van der Waals surface area contributed by atoms with Crippen LogP contribution in [-0.2, 0) is 50.5 Å². The van der Waals surface area contributed by atoms with E-state index in [4.69, 9.17) is 9.90 Å². The van der Waals surface area contributed by atoms with Gasteiger partial charge in [-0.3, -0.25) is 14.4 Å². The number of rotatable bonds is 8. The molecule has 4 N–H and O–H groups in total. The van der Waals surface area contributed by atoms with Gasteiger partial charge >= 0.3 is 12.1 Å². The zero-order chi connectivity index (χ0) is 37.2. The number of nitrogens with one attached hydrogen (secondary N) is 3. The molecule has 1 aromatic heterocycles. The van der Waals surface area contributed by atoms with Gasteiger partial charge in [0.1, 0.15) is 12.4 Å². The quantitative estimate of drug-likeness (QED) is 0.223. The number of carboxylic acids is 1. The largest absolute Gasteiger partial charge is 0.490 e. The molecule has 6 rings (SSSR count). The maximum absolute atomic E-state index is 14.0. The Morgan fingerprint density at radius 2 is 1.61 bits per heavy atom.